The highest BCUT2D eigenvalue weighted by Gasteiger charge is 2.52. The summed E-state index contributed by atoms with van der Waals surface area (Å²) in [6.45, 7) is 3.64. The molecule has 1 unspecified atom stereocenters. The van der Waals surface area contributed by atoms with Gasteiger partial charge in [0.1, 0.15) is 0 Å². The molecule has 124 valence electrons. The van der Waals surface area contributed by atoms with Crippen LogP contribution in [-0.4, -0.2) is 23.9 Å². The average Bonchev–Trinajstić information content (AvgIpc) is 3.27. The summed E-state index contributed by atoms with van der Waals surface area (Å²) >= 11 is 1.47. The predicted molar refractivity (Wildman–Crippen MR) is 92.1 cm³/mol. The van der Waals surface area contributed by atoms with E-state index in [2.05, 4.69) is 5.32 Å². The monoisotopic (exact) mass is 332 g/mol. The van der Waals surface area contributed by atoms with Gasteiger partial charge in [-0.3, -0.25) is 9.59 Å². The molecule has 1 heterocycles. The molecular weight excluding hydrogens is 308 g/mol. The van der Waals surface area contributed by atoms with Gasteiger partial charge in [0.25, 0.3) is 0 Å². The molecule has 2 fully saturated rings. The van der Waals surface area contributed by atoms with Crippen LogP contribution < -0.4 is 5.32 Å². The van der Waals surface area contributed by atoms with E-state index in [0.29, 0.717) is 17.2 Å². The minimum atomic E-state index is -0.783. The summed E-state index contributed by atoms with van der Waals surface area (Å²) < 4.78 is 0. The van der Waals surface area contributed by atoms with Crippen LogP contribution in [0.5, 0.6) is 0 Å². The number of carbonyl (C=O) groups is 2. The quantitative estimate of drug-likeness (QED) is 0.618. The molecule has 0 radical (unpaired) electrons. The topological polar surface area (TPSA) is 70.0 Å². The summed E-state index contributed by atoms with van der Waals surface area (Å²) in [7, 11) is 0. The number of hydrogen-bond acceptors (Lipinski definition) is 4. The maximum Gasteiger partial charge on any atom is 0.232 e. The Kier molecular flexibility index (Phi) is 4.41. The third-order valence-electron chi connectivity index (χ3n) is 5.98. The first kappa shape index (κ1) is 16.4. The molecule has 2 aliphatic carbocycles. The van der Waals surface area contributed by atoms with E-state index in [1.807, 2.05) is 12.3 Å². The van der Waals surface area contributed by atoms with E-state index in [1.54, 1.807) is 18.4 Å². The largest absolute Gasteiger partial charge is 0.348 e. The van der Waals surface area contributed by atoms with Gasteiger partial charge in [-0.1, -0.05) is 6.42 Å². The maximum atomic E-state index is 12.8. The van der Waals surface area contributed by atoms with E-state index >= 15 is 0 Å². The molecule has 0 spiro atoms. The smallest absolute Gasteiger partial charge is 0.232 e. The fourth-order valence-corrected chi connectivity index (χ4v) is 5.10. The molecule has 4 atom stereocenters. The molecule has 0 aliphatic heterocycles. The van der Waals surface area contributed by atoms with Crippen molar-refractivity contribution in [2.45, 2.75) is 39.5 Å². The van der Waals surface area contributed by atoms with Crippen LogP contribution in [0.1, 0.15) is 49.9 Å². The zero-order valence-electron chi connectivity index (χ0n) is 13.7. The summed E-state index contributed by atoms with van der Waals surface area (Å²) in [5.74, 6) is 1.30. The van der Waals surface area contributed by atoms with Crippen molar-refractivity contribution in [3.8, 4) is 0 Å². The highest BCUT2D eigenvalue weighted by molar-refractivity contribution is 7.08. The molecule has 2 aliphatic rings. The maximum absolute atomic E-state index is 12.8. The van der Waals surface area contributed by atoms with Gasteiger partial charge in [0.15, 0.2) is 5.78 Å². The van der Waals surface area contributed by atoms with Crippen LogP contribution in [-0.2, 0) is 4.79 Å². The van der Waals surface area contributed by atoms with Crippen molar-refractivity contribution in [1.29, 1.82) is 5.41 Å². The summed E-state index contributed by atoms with van der Waals surface area (Å²) in [6.07, 6.45) is 4.70. The molecule has 2 saturated carbocycles. The van der Waals surface area contributed by atoms with Crippen LogP contribution in [0.25, 0.3) is 0 Å². The molecule has 2 bridgehead atoms. The summed E-state index contributed by atoms with van der Waals surface area (Å²) in [4.78, 5) is 24.9. The van der Waals surface area contributed by atoms with Crippen LogP contribution >= 0.6 is 11.3 Å². The van der Waals surface area contributed by atoms with Gasteiger partial charge in [-0.25, -0.2) is 0 Å². The first-order valence-electron chi connectivity index (χ1n) is 8.32. The summed E-state index contributed by atoms with van der Waals surface area (Å²) in [5, 5.41) is 14.7. The van der Waals surface area contributed by atoms with Crippen molar-refractivity contribution < 1.29 is 9.59 Å². The molecule has 4 nitrogen and oxygen atoms in total. The number of nitrogens with one attached hydrogen (secondary N) is 2. The normalized spacial score (nSPS) is 28.3. The van der Waals surface area contributed by atoms with Crippen molar-refractivity contribution in [2.75, 3.05) is 6.54 Å². The van der Waals surface area contributed by atoms with Gasteiger partial charge in [-0.05, 0) is 62.3 Å². The van der Waals surface area contributed by atoms with Gasteiger partial charge >= 0.3 is 0 Å². The Bertz CT molecular complexity index is 625. The molecule has 1 aromatic rings. The second-order valence-corrected chi connectivity index (χ2v) is 8.01. The Morgan fingerprint density at radius 1 is 1.39 bits per heavy atom. The highest BCUT2D eigenvalue weighted by atomic mass is 32.1. The van der Waals surface area contributed by atoms with E-state index in [-0.39, 0.29) is 24.2 Å². The van der Waals surface area contributed by atoms with E-state index in [0.717, 1.165) is 12.3 Å². The van der Waals surface area contributed by atoms with Crippen molar-refractivity contribution in [3.05, 3.63) is 22.4 Å². The number of thiophene rings is 1. The number of amides is 1. The van der Waals surface area contributed by atoms with Crippen LogP contribution in [0.3, 0.4) is 0 Å². The number of fused-ring (bicyclic) bond motifs is 2. The van der Waals surface area contributed by atoms with E-state index in [4.69, 9.17) is 5.41 Å². The molecule has 1 aromatic heterocycles. The lowest BCUT2D eigenvalue weighted by atomic mass is 9.66. The fraction of sp³-hybridized carbons (Fsp3) is 0.611. The molecule has 1 amide bonds. The number of carbonyl (C=O) groups excluding carboxylic acids is 2. The third-order valence-corrected chi connectivity index (χ3v) is 6.67. The van der Waals surface area contributed by atoms with Gasteiger partial charge < -0.3 is 10.7 Å². The Balaban J connectivity index is 1.69. The van der Waals surface area contributed by atoms with Crippen molar-refractivity contribution >= 4 is 28.7 Å². The fourth-order valence-electron chi connectivity index (χ4n) is 4.44. The van der Waals surface area contributed by atoms with Crippen LogP contribution in [0.2, 0.25) is 0 Å². The van der Waals surface area contributed by atoms with Gasteiger partial charge in [0, 0.05) is 16.7 Å². The van der Waals surface area contributed by atoms with Crippen molar-refractivity contribution in [3.63, 3.8) is 0 Å². The zero-order valence-corrected chi connectivity index (χ0v) is 14.5. The number of Topliss-reactive ketones (excluding diaryl/α,β-unsaturated/α-hetero) is 1. The standard InChI is InChI=1S/C18H24N2O2S/c1-11(19)18(2,15-8-12-3-4-13(15)7-12)17(22)20-9-16(21)14-5-6-23-10-14/h5-6,10,12-13,15,19H,3-4,7-9H2,1-2H3,(H,20,22)/t12-,13+,15+,18?/m0/s1. The molecular formula is C18H24N2O2S. The average molecular weight is 332 g/mol. The Morgan fingerprint density at radius 3 is 2.70 bits per heavy atom. The minimum absolute atomic E-state index is 0.0131. The summed E-state index contributed by atoms with van der Waals surface area (Å²) in [6, 6.07) is 1.77. The van der Waals surface area contributed by atoms with E-state index < -0.39 is 5.41 Å². The van der Waals surface area contributed by atoms with E-state index in [1.165, 1.54) is 30.6 Å². The predicted octanol–water partition coefficient (Wildman–Crippen LogP) is 3.53. The Morgan fingerprint density at radius 2 is 2.17 bits per heavy atom. The summed E-state index contributed by atoms with van der Waals surface area (Å²) in [5.41, 5.74) is 0.272. The van der Waals surface area contributed by atoms with Gasteiger partial charge in [0.2, 0.25) is 5.91 Å². The zero-order chi connectivity index (χ0) is 16.6. The molecule has 0 saturated heterocycles. The van der Waals surface area contributed by atoms with Crippen LogP contribution in [0.4, 0.5) is 0 Å². The molecule has 0 aromatic carbocycles. The number of rotatable bonds is 6. The third kappa shape index (κ3) is 2.87. The van der Waals surface area contributed by atoms with E-state index in [9.17, 15) is 9.59 Å². The molecule has 5 heteroatoms. The molecule has 3 rings (SSSR count). The van der Waals surface area contributed by atoms with Gasteiger partial charge in [0.05, 0.1) is 12.0 Å². The first-order valence-corrected chi connectivity index (χ1v) is 9.26. The second kappa shape index (κ2) is 6.19. The lowest BCUT2D eigenvalue weighted by Crippen LogP contribution is -2.50. The number of hydrogen-bond donors (Lipinski definition) is 2. The van der Waals surface area contributed by atoms with Crippen molar-refractivity contribution in [2.24, 2.45) is 23.2 Å². The second-order valence-electron chi connectivity index (χ2n) is 7.23. The Labute approximate surface area is 141 Å². The van der Waals surface area contributed by atoms with Gasteiger partial charge in [-0.15, -0.1) is 0 Å². The lowest BCUT2D eigenvalue weighted by molar-refractivity contribution is -0.129. The molecule has 23 heavy (non-hydrogen) atoms. The first-order chi connectivity index (χ1) is 10.9. The number of ketones is 1. The SMILES string of the molecule is CC(=N)C(C)(C(=O)NCC(=O)c1ccsc1)[C@@H]1C[C@H]2CC[C@@H]1C2. The van der Waals surface area contributed by atoms with Crippen LogP contribution in [0.15, 0.2) is 16.8 Å². The Hall–Kier alpha value is -1.49. The highest BCUT2D eigenvalue weighted by Crippen LogP contribution is 2.55. The van der Waals surface area contributed by atoms with Crippen molar-refractivity contribution in [1.82, 2.24) is 5.32 Å². The van der Waals surface area contributed by atoms with Crippen LogP contribution in [0, 0.1) is 28.6 Å². The lowest BCUT2D eigenvalue weighted by Gasteiger charge is -2.38. The van der Waals surface area contributed by atoms with Gasteiger partial charge in [-0.2, -0.15) is 11.3 Å². The minimum Gasteiger partial charge on any atom is -0.348 e. The molecule has 2 N–H and O–H groups in total.